The maximum atomic E-state index is 10.8. The summed E-state index contributed by atoms with van der Waals surface area (Å²) in [5.74, 6) is -0.759. The van der Waals surface area contributed by atoms with E-state index >= 15 is 0 Å². The fourth-order valence-electron chi connectivity index (χ4n) is 0.943. The number of amides is 1. The van der Waals surface area contributed by atoms with E-state index in [1.807, 2.05) is 0 Å². The van der Waals surface area contributed by atoms with Gasteiger partial charge in [-0.3, -0.25) is 9.35 Å². The normalized spacial score (nSPS) is 11.4. The maximum absolute atomic E-state index is 10.8. The molecule has 0 aromatic rings. The Morgan fingerprint density at radius 1 is 1.53 bits per heavy atom. The zero-order valence-electron chi connectivity index (χ0n) is 8.28. The number of rotatable bonds is 5. The van der Waals surface area contributed by atoms with E-state index in [2.05, 4.69) is 11.9 Å². The van der Waals surface area contributed by atoms with Gasteiger partial charge in [0.05, 0.1) is 5.75 Å². The summed E-state index contributed by atoms with van der Waals surface area (Å²) in [6.45, 7) is 6.68. The Bertz CT molecular complexity index is 324. The molecule has 86 valence electrons. The molecular formula is C8H17CaNO4S. The van der Waals surface area contributed by atoms with Crippen molar-refractivity contribution < 1.29 is 17.8 Å². The van der Waals surface area contributed by atoms with Crippen molar-refractivity contribution in [1.29, 1.82) is 0 Å². The predicted molar refractivity (Wildman–Crippen MR) is 61.9 cm³/mol. The fourth-order valence-corrected chi connectivity index (χ4v) is 2.03. The molecule has 2 N–H and O–H groups in total. The van der Waals surface area contributed by atoms with Gasteiger partial charge in [0.1, 0.15) is 0 Å². The number of nitrogens with one attached hydrogen (secondary N) is 1. The Morgan fingerprint density at radius 2 is 2.00 bits per heavy atom. The van der Waals surface area contributed by atoms with Gasteiger partial charge in [-0.1, -0.05) is 20.4 Å². The SMILES string of the molecule is C=CC(=O)NCC(C)(C)CS(=O)(=O)O.[CaH2]. The van der Waals surface area contributed by atoms with Gasteiger partial charge in [0.2, 0.25) is 5.91 Å². The molecule has 0 fully saturated rings. The minimum absolute atomic E-state index is 0. The minimum atomic E-state index is -4.01. The Hall–Kier alpha value is 0.380. The van der Waals surface area contributed by atoms with Gasteiger partial charge in [0.25, 0.3) is 10.1 Å². The molecule has 0 aliphatic carbocycles. The first-order chi connectivity index (χ1) is 6.16. The monoisotopic (exact) mass is 263 g/mol. The van der Waals surface area contributed by atoms with Crippen LogP contribution in [0.15, 0.2) is 12.7 Å². The van der Waals surface area contributed by atoms with Crippen LogP contribution < -0.4 is 5.32 Å². The summed E-state index contributed by atoms with van der Waals surface area (Å²) in [5, 5.41) is 2.46. The van der Waals surface area contributed by atoms with Crippen LogP contribution in [-0.4, -0.2) is 68.9 Å². The van der Waals surface area contributed by atoms with Crippen LogP contribution in [0.1, 0.15) is 13.8 Å². The fraction of sp³-hybridized carbons (Fsp3) is 0.625. The summed E-state index contributed by atoms with van der Waals surface area (Å²) in [5.41, 5.74) is -0.702. The average molecular weight is 263 g/mol. The van der Waals surface area contributed by atoms with Crippen molar-refractivity contribution in [2.45, 2.75) is 13.8 Å². The summed E-state index contributed by atoms with van der Waals surface area (Å²) in [4.78, 5) is 10.8. The molecule has 0 aliphatic rings. The standard InChI is InChI=1S/C8H15NO4S.Ca.2H/c1-4-7(10)9-5-8(2,3)6-14(11,12)13;;;/h4H,1,5-6H2,2-3H3,(H,9,10)(H,11,12,13);;;. The number of carbonyl (C=O) groups excluding carboxylic acids is 1. The van der Waals surface area contributed by atoms with Crippen LogP contribution in [0.2, 0.25) is 0 Å². The van der Waals surface area contributed by atoms with Crippen molar-refractivity contribution in [2.24, 2.45) is 5.41 Å². The quantitative estimate of drug-likeness (QED) is 0.390. The molecule has 0 saturated carbocycles. The van der Waals surface area contributed by atoms with Crippen molar-refractivity contribution in [3.63, 3.8) is 0 Å². The van der Waals surface area contributed by atoms with E-state index < -0.39 is 21.3 Å². The molecule has 5 nitrogen and oxygen atoms in total. The second-order valence-electron chi connectivity index (χ2n) is 3.81. The molecule has 0 bridgehead atoms. The third kappa shape index (κ3) is 10.7. The number of hydrogen-bond acceptors (Lipinski definition) is 3. The molecule has 0 rings (SSSR count). The van der Waals surface area contributed by atoms with Gasteiger partial charge in [-0.15, -0.1) is 0 Å². The first-order valence-electron chi connectivity index (χ1n) is 4.02. The molecule has 0 heterocycles. The van der Waals surface area contributed by atoms with Crippen LogP contribution in [0, 0.1) is 5.41 Å². The molecule has 0 radical (unpaired) electrons. The number of hydrogen-bond donors (Lipinski definition) is 2. The van der Waals surface area contributed by atoms with Crippen LogP contribution in [-0.2, 0) is 14.9 Å². The predicted octanol–water partition coefficient (Wildman–Crippen LogP) is -0.714. The first-order valence-corrected chi connectivity index (χ1v) is 5.63. The van der Waals surface area contributed by atoms with Gasteiger partial charge in [0.15, 0.2) is 0 Å². The summed E-state index contributed by atoms with van der Waals surface area (Å²) >= 11 is 0. The topological polar surface area (TPSA) is 83.5 Å². The van der Waals surface area contributed by atoms with Crippen LogP contribution in [0.4, 0.5) is 0 Å². The van der Waals surface area contributed by atoms with E-state index in [0.29, 0.717) is 0 Å². The molecule has 1 amide bonds. The van der Waals surface area contributed by atoms with E-state index in [9.17, 15) is 13.2 Å². The van der Waals surface area contributed by atoms with E-state index in [4.69, 9.17) is 4.55 Å². The molecule has 0 atom stereocenters. The average Bonchev–Trinajstić information content (AvgIpc) is 1.96. The zero-order chi connectivity index (χ0) is 11.4. The van der Waals surface area contributed by atoms with Crippen LogP contribution in [0.25, 0.3) is 0 Å². The van der Waals surface area contributed by atoms with E-state index in [1.165, 1.54) is 0 Å². The van der Waals surface area contributed by atoms with E-state index in [0.717, 1.165) is 6.08 Å². The molecule has 0 aromatic heterocycles. The van der Waals surface area contributed by atoms with Crippen LogP contribution in [0.5, 0.6) is 0 Å². The summed E-state index contributed by atoms with van der Waals surface area (Å²) in [6.07, 6.45) is 1.10. The van der Waals surface area contributed by atoms with Gasteiger partial charge < -0.3 is 5.32 Å². The molecular weight excluding hydrogens is 246 g/mol. The summed E-state index contributed by atoms with van der Waals surface area (Å²) in [7, 11) is -4.01. The van der Waals surface area contributed by atoms with Gasteiger partial charge in [0, 0.05) is 6.54 Å². The molecule has 0 saturated heterocycles. The first kappa shape index (κ1) is 17.8. The summed E-state index contributed by atoms with van der Waals surface area (Å²) < 4.78 is 29.8. The second-order valence-corrected chi connectivity index (χ2v) is 5.26. The van der Waals surface area contributed by atoms with Crippen LogP contribution in [0.3, 0.4) is 0 Å². The summed E-state index contributed by atoms with van der Waals surface area (Å²) in [6, 6.07) is 0. The van der Waals surface area contributed by atoms with E-state index in [-0.39, 0.29) is 50.2 Å². The molecule has 0 spiro atoms. The third-order valence-corrected chi connectivity index (χ3v) is 2.65. The van der Waals surface area contributed by atoms with Crippen molar-refractivity contribution in [2.75, 3.05) is 12.3 Å². The van der Waals surface area contributed by atoms with Crippen molar-refractivity contribution in [3.05, 3.63) is 12.7 Å². The zero-order valence-corrected chi connectivity index (χ0v) is 9.10. The Kier molecular flexibility index (Phi) is 8.12. The second kappa shape index (κ2) is 6.85. The molecule has 0 aliphatic heterocycles. The molecule has 15 heavy (non-hydrogen) atoms. The van der Waals surface area contributed by atoms with Gasteiger partial charge in [-0.2, -0.15) is 8.42 Å². The Balaban J connectivity index is 0. The van der Waals surface area contributed by atoms with Crippen molar-refractivity contribution in [3.8, 4) is 0 Å². The van der Waals surface area contributed by atoms with Crippen molar-refractivity contribution in [1.82, 2.24) is 5.32 Å². The Morgan fingerprint density at radius 3 is 2.33 bits per heavy atom. The molecule has 0 unspecified atom stereocenters. The van der Waals surface area contributed by atoms with Gasteiger partial charge in [-0.25, -0.2) is 0 Å². The molecule has 0 aromatic carbocycles. The van der Waals surface area contributed by atoms with Gasteiger partial charge in [-0.05, 0) is 11.5 Å². The Labute approximate surface area is 120 Å². The third-order valence-electron chi connectivity index (χ3n) is 1.50. The van der Waals surface area contributed by atoms with E-state index in [1.54, 1.807) is 13.8 Å². The van der Waals surface area contributed by atoms with Crippen LogP contribution >= 0.6 is 0 Å². The molecule has 7 heteroatoms. The van der Waals surface area contributed by atoms with Crippen molar-refractivity contribution >= 4 is 53.8 Å². The number of carbonyl (C=O) groups is 1. The van der Waals surface area contributed by atoms with Gasteiger partial charge >= 0.3 is 37.7 Å².